The van der Waals surface area contributed by atoms with Gasteiger partial charge in [0.25, 0.3) is 0 Å². The van der Waals surface area contributed by atoms with E-state index < -0.39 is 0 Å². The normalized spacial score (nSPS) is 18.0. The zero-order chi connectivity index (χ0) is 25.8. The third-order valence-corrected chi connectivity index (χ3v) is 6.61. The van der Waals surface area contributed by atoms with Gasteiger partial charge in [0.15, 0.2) is 0 Å². The van der Waals surface area contributed by atoms with Crippen LogP contribution in [0.4, 0.5) is 10.1 Å². The summed E-state index contributed by atoms with van der Waals surface area (Å²) >= 11 is 0. The van der Waals surface area contributed by atoms with Crippen molar-refractivity contribution in [1.82, 2.24) is 4.98 Å². The van der Waals surface area contributed by atoms with Gasteiger partial charge in [0.05, 0.1) is 18.4 Å². The van der Waals surface area contributed by atoms with Gasteiger partial charge >= 0.3 is 0 Å². The molecule has 1 aromatic heterocycles. The van der Waals surface area contributed by atoms with E-state index in [1.54, 1.807) is 18.1 Å². The minimum Gasteiger partial charge on any atom is -0.491 e. The Balaban J connectivity index is 0.00000380. The molecule has 0 radical (unpaired) electrons. The number of ether oxygens (including phenoxy) is 2. The van der Waals surface area contributed by atoms with Crippen LogP contribution < -0.4 is 15.4 Å². The number of nitrogens with zero attached hydrogens (tertiary/aromatic N) is 2. The number of hydrogen-bond acceptors (Lipinski definition) is 5. The Morgan fingerprint density at radius 1 is 1.05 bits per heavy atom. The number of amides is 1. The van der Waals surface area contributed by atoms with E-state index in [-0.39, 0.29) is 54.2 Å². The molecule has 1 aliphatic carbocycles. The SMILES string of the molecule is CO[C@H](C)[C@H](N)CN(C(=O)[C@@H]1C[C@H]1c1ccc(F)cn1)c1ccc(-c2ccc(OC(C)C)cc2)cc1.Cl. The van der Waals surface area contributed by atoms with Crippen LogP contribution in [-0.2, 0) is 9.53 Å². The first-order chi connectivity index (χ1) is 17.3. The summed E-state index contributed by atoms with van der Waals surface area (Å²) in [6.07, 6.45) is 1.80. The van der Waals surface area contributed by atoms with Gasteiger partial charge in [-0.2, -0.15) is 0 Å². The number of aromatic nitrogens is 1. The number of anilines is 1. The molecule has 3 aromatic rings. The van der Waals surface area contributed by atoms with E-state index in [2.05, 4.69) is 4.98 Å². The minimum atomic E-state index is -0.384. The molecule has 8 heteroatoms. The summed E-state index contributed by atoms with van der Waals surface area (Å²) < 4.78 is 24.4. The fourth-order valence-corrected chi connectivity index (χ4v) is 4.29. The number of carbonyl (C=O) groups is 1. The molecule has 0 saturated heterocycles. The first kappa shape index (κ1) is 28.6. The van der Waals surface area contributed by atoms with Gasteiger partial charge in [-0.05, 0) is 74.7 Å². The molecule has 6 nitrogen and oxygen atoms in total. The van der Waals surface area contributed by atoms with Gasteiger partial charge in [-0.3, -0.25) is 9.78 Å². The smallest absolute Gasteiger partial charge is 0.230 e. The van der Waals surface area contributed by atoms with E-state index in [0.29, 0.717) is 13.0 Å². The van der Waals surface area contributed by atoms with Gasteiger partial charge in [-0.1, -0.05) is 24.3 Å². The van der Waals surface area contributed by atoms with Gasteiger partial charge in [0, 0.05) is 42.9 Å². The lowest BCUT2D eigenvalue weighted by Gasteiger charge is -2.29. The highest BCUT2D eigenvalue weighted by atomic mass is 35.5. The highest BCUT2D eigenvalue weighted by Gasteiger charge is 2.47. The second kappa shape index (κ2) is 12.5. The highest BCUT2D eigenvalue weighted by molar-refractivity contribution is 5.97. The van der Waals surface area contributed by atoms with Crippen molar-refractivity contribution < 1.29 is 18.7 Å². The molecule has 0 unspecified atom stereocenters. The molecular weight excluding hydrogens is 493 g/mol. The number of nitrogens with two attached hydrogens (primary N) is 1. The topological polar surface area (TPSA) is 77.7 Å². The van der Waals surface area contributed by atoms with Crippen molar-refractivity contribution in [2.45, 2.75) is 51.4 Å². The summed E-state index contributed by atoms with van der Waals surface area (Å²) in [6.45, 7) is 6.22. The number of halogens is 2. The van der Waals surface area contributed by atoms with E-state index in [9.17, 15) is 9.18 Å². The minimum absolute atomic E-state index is 0. The average Bonchev–Trinajstić information content (AvgIpc) is 3.68. The van der Waals surface area contributed by atoms with E-state index in [1.165, 1.54) is 12.3 Å². The van der Waals surface area contributed by atoms with Crippen LogP contribution in [0.25, 0.3) is 11.1 Å². The van der Waals surface area contributed by atoms with Crippen molar-refractivity contribution in [2.24, 2.45) is 11.7 Å². The van der Waals surface area contributed by atoms with Gasteiger partial charge < -0.3 is 20.1 Å². The second-order valence-corrected chi connectivity index (χ2v) is 9.64. The first-order valence-corrected chi connectivity index (χ1v) is 12.3. The maximum Gasteiger partial charge on any atom is 0.230 e. The van der Waals surface area contributed by atoms with Crippen LogP contribution in [0, 0.1) is 11.7 Å². The predicted molar refractivity (Wildman–Crippen MR) is 147 cm³/mol. The highest BCUT2D eigenvalue weighted by Crippen LogP contribution is 2.48. The first-order valence-electron chi connectivity index (χ1n) is 12.3. The summed E-state index contributed by atoms with van der Waals surface area (Å²) in [5, 5.41) is 0. The molecule has 1 heterocycles. The van der Waals surface area contributed by atoms with E-state index in [1.807, 2.05) is 69.3 Å². The Hall–Kier alpha value is -3.00. The number of methoxy groups -OCH3 is 1. The van der Waals surface area contributed by atoms with Crippen molar-refractivity contribution in [3.8, 4) is 16.9 Å². The van der Waals surface area contributed by atoms with E-state index in [4.69, 9.17) is 15.2 Å². The van der Waals surface area contributed by atoms with Crippen molar-refractivity contribution in [3.05, 3.63) is 78.4 Å². The van der Waals surface area contributed by atoms with Crippen LogP contribution >= 0.6 is 12.4 Å². The molecule has 1 saturated carbocycles. The standard InChI is InChI=1S/C29H34FN3O3.ClH/c1-18(2)36-24-12-7-21(8-13-24)20-5-10-23(11-6-20)33(17-27(31)19(3)35-4)29(34)26-15-25(26)28-14-9-22(30)16-32-28;/h5-14,16,18-19,25-27H,15,17,31H2,1-4H3;1H/t19-,25-,26-,27-;/m1./s1. The van der Waals surface area contributed by atoms with Crippen molar-refractivity contribution in [2.75, 3.05) is 18.6 Å². The molecular formula is C29H35ClFN3O3. The summed E-state index contributed by atoms with van der Waals surface area (Å²) in [4.78, 5) is 19.5. The fraction of sp³-hybridized carbons (Fsp3) is 0.379. The van der Waals surface area contributed by atoms with Gasteiger partial charge in [-0.15, -0.1) is 12.4 Å². The van der Waals surface area contributed by atoms with Gasteiger partial charge in [0.2, 0.25) is 5.91 Å². The molecule has 0 bridgehead atoms. The summed E-state index contributed by atoms with van der Waals surface area (Å²) in [5.41, 5.74) is 9.99. The van der Waals surface area contributed by atoms with Gasteiger partial charge in [-0.25, -0.2) is 4.39 Å². The number of hydrogen-bond donors (Lipinski definition) is 1. The second-order valence-electron chi connectivity index (χ2n) is 9.64. The van der Waals surface area contributed by atoms with Crippen LogP contribution in [0.2, 0.25) is 0 Å². The molecule has 0 spiro atoms. The summed E-state index contributed by atoms with van der Waals surface area (Å²) in [7, 11) is 1.61. The third kappa shape index (κ3) is 7.06. The van der Waals surface area contributed by atoms with Crippen LogP contribution in [0.1, 0.15) is 38.8 Å². The zero-order valence-electron chi connectivity index (χ0n) is 21.6. The van der Waals surface area contributed by atoms with Crippen molar-refractivity contribution in [3.63, 3.8) is 0 Å². The quantitative estimate of drug-likeness (QED) is 0.371. The molecule has 0 aliphatic heterocycles. The van der Waals surface area contributed by atoms with Crippen LogP contribution in [-0.4, -0.2) is 42.8 Å². The molecule has 2 N–H and O–H groups in total. The molecule has 37 heavy (non-hydrogen) atoms. The van der Waals surface area contributed by atoms with Crippen LogP contribution in [0.15, 0.2) is 66.9 Å². The van der Waals surface area contributed by atoms with Crippen LogP contribution in [0.5, 0.6) is 5.75 Å². The average molecular weight is 528 g/mol. The summed E-state index contributed by atoms with van der Waals surface area (Å²) in [6, 6.07) is 18.6. The molecule has 1 aliphatic rings. The summed E-state index contributed by atoms with van der Waals surface area (Å²) in [5.74, 6) is 0.222. The number of rotatable bonds is 10. The molecule has 1 amide bonds. The largest absolute Gasteiger partial charge is 0.491 e. The molecule has 1 fully saturated rings. The van der Waals surface area contributed by atoms with E-state index >= 15 is 0 Å². The lowest BCUT2D eigenvalue weighted by Crippen LogP contribution is -2.47. The Kier molecular flexibility index (Phi) is 9.65. The van der Waals surface area contributed by atoms with Crippen molar-refractivity contribution in [1.29, 1.82) is 0 Å². The molecule has 4 rings (SSSR count). The Morgan fingerprint density at radius 3 is 2.22 bits per heavy atom. The monoisotopic (exact) mass is 527 g/mol. The Morgan fingerprint density at radius 2 is 1.68 bits per heavy atom. The lowest BCUT2D eigenvalue weighted by molar-refractivity contribution is -0.120. The predicted octanol–water partition coefficient (Wildman–Crippen LogP) is 5.60. The number of pyridine rings is 1. The van der Waals surface area contributed by atoms with E-state index in [0.717, 1.165) is 28.3 Å². The Bertz CT molecular complexity index is 1160. The maximum absolute atomic E-state index is 13.6. The molecule has 4 atom stereocenters. The van der Waals surface area contributed by atoms with Crippen molar-refractivity contribution >= 4 is 24.0 Å². The zero-order valence-corrected chi connectivity index (χ0v) is 22.5. The number of benzene rings is 2. The van der Waals surface area contributed by atoms with Crippen LogP contribution in [0.3, 0.4) is 0 Å². The molecule has 2 aromatic carbocycles. The Labute approximate surface area is 224 Å². The molecule has 198 valence electrons. The maximum atomic E-state index is 13.6. The number of carbonyl (C=O) groups excluding carboxylic acids is 1. The lowest BCUT2D eigenvalue weighted by atomic mass is 10.0. The third-order valence-electron chi connectivity index (χ3n) is 6.61. The fourth-order valence-electron chi connectivity index (χ4n) is 4.29. The van der Waals surface area contributed by atoms with Gasteiger partial charge in [0.1, 0.15) is 11.6 Å².